The van der Waals surface area contributed by atoms with Crippen LogP contribution in [0.1, 0.15) is 17.0 Å². The van der Waals surface area contributed by atoms with Crippen molar-refractivity contribution in [2.45, 2.75) is 6.61 Å². The first kappa shape index (κ1) is 16.1. The van der Waals surface area contributed by atoms with Crippen LogP contribution < -0.4 is 4.74 Å². The van der Waals surface area contributed by atoms with Crippen LogP contribution in [0.25, 0.3) is 11.2 Å². The van der Waals surface area contributed by atoms with Crippen LogP contribution in [-0.2, 0) is 6.61 Å². The van der Waals surface area contributed by atoms with Crippen molar-refractivity contribution < 1.29 is 9.15 Å². The molecule has 26 heavy (non-hydrogen) atoms. The first-order valence-corrected chi connectivity index (χ1v) is 8.22. The number of aromatic nitrogens is 3. The molecule has 0 N–H and O–H groups in total. The van der Waals surface area contributed by atoms with Crippen molar-refractivity contribution in [3.8, 4) is 17.7 Å². The van der Waals surface area contributed by atoms with Gasteiger partial charge in [0.15, 0.2) is 16.6 Å². The highest BCUT2D eigenvalue weighted by atomic mass is 35.5. The molecule has 6 heteroatoms. The number of fused-ring (bicyclic) bond motifs is 1. The van der Waals surface area contributed by atoms with Gasteiger partial charge in [0, 0.05) is 11.8 Å². The van der Waals surface area contributed by atoms with Gasteiger partial charge < -0.3 is 9.15 Å². The van der Waals surface area contributed by atoms with Crippen LogP contribution in [0.3, 0.4) is 0 Å². The summed E-state index contributed by atoms with van der Waals surface area (Å²) in [6, 6.07) is 16.7. The molecule has 0 saturated heterocycles. The summed E-state index contributed by atoms with van der Waals surface area (Å²) in [4.78, 5) is 13.2. The summed E-state index contributed by atoms with van der Waals surface area (Å²) < 4.78 is 11.1. The van der Waals surface area contributed by atoms with Crippen molar-refractivity contribution in [1.29, 1.82) is 0 Å². The molecule has 3 aromatic heterocycles. The Morgan fingerprint density at radius 2 is 1.85 bits per heavy atom. The van der Waals surface area contributed by atoms with E-state index in [1.165, 1.54) is 0 Å². The molecule has 0 aliphatic heterocycles. The molecule has 5 nitrogen and oxygen atoms in total. The van der Waals surface area contributed by atoms with Gasteiger partial charge in [-0.3, -0.25) is 0 Å². The summed E-state index contributed by atoms with van der Waals surface area (Å²) in [7, 11) is 0. The van der Waals surface area contributed by atoms with E-state index < -0.39 is 0 Å². The maximum atomic E-state index is 5.79. The van der Waals surface area contributed by atoms with Crippen molar-refractivity contribution in [3.05, 3.63) is 83.0 Å². The van der Waals surface area contributed by atoms with Crippen LogP contribution in [0.4, 0.5) is 0 Å². The van der Waals surface area contributed by atoms with Crippen LogP contribution >= 0.6 is 11.6 Å². The van der Waals surface area contributed by atoms with Gasteiger partial charge in [-0.2, -0.15) is 0 Å². The van der Waals surface area contributed by atoms with Crippen molar-refractivity contribution in [2.24, 2.45) is 0 Å². The predicted octanol–water partition coefficient (Wildman–Crippen LogP) is 4.25. The van der Waals surface area contributed by atoms with Gasteiger partial charge in [-0.1, -0.05) is 24.1 Å². The largest absolute Gasteiger partial charge is 0.467 e. The first-order valence-electron chi connectivity index (χ1n) is 7.85. The molecule has 0 aliphatic carbocycles. The molecule has 0 radical (unpaired) electrons. The number of benzene rings is 1. The van der Waals surface area contributed by atoms with Gasteiger partial charge >= 0.3 is 0 Å². The van der Waals surface area contributed by atoms with Gasteiger partial charge in [-0.25, -0.2) is 15.0 Å². The van der Waals surface area contributed by atoms with Gasteiger partial charge in [0.25, 0.3) is 0 Å². The third-order valence-electron chi connectivity index (χ3n) is 3.49. The Morgan fingerprint density at radius 3 is 2.65 bits per heavy atom. The standard InChI is InChI=1S/C20H12ClN3O2/c21-18-11-9-15(26-18)13-25-20-17(10-8-14-5-2-1-3-6-14)23-19-16(24-20)7-4-12-22-19/h1-7,9,11-12H,13H2. The molecule has 0 fully saturated rings. The zero-order valence-corrected chi connectivity index (χ0v) is 14.3. The first-order chi connectivity index (χ1) is 12.8. The molecule has 3 heterocycles. The Balaban J connectivity index is 1.70. The molecule has 0 spiro atoms. The van der Waals surface area contributed by atoms with E-state index in [1.807, 2.05) is 36.4 Å². The van der Waals surface area contributed by atoms with Crippen LogP contribution in [0.2, 0.25) is 5.22 Å². The fourth-order valence-electron chi connectivity index (χ4n) is 2.28. The number of hydrogen-bond acceptors (Lipinski definition) is 5. The smallest absolute Gasteiger partial charge is 0.250 e. The molecule has 0 unspecified atom stereocenters. The second-order valence-electron chi connectivity index (χ2n) is 5.33. The third-order valence-corrected chi connectivity index (χ3v) is 3.69. The zero-order chi connectivity index (χ0) is 17.8. The van der Waals surface area contributed by atoms with E-state index in [4.69, 9.17) is 20.8 Å². The lowest BCUT2D eigenvalue weighted by atomic mass is 10.2. The summed E-state index contributed by atoms with van der Waals surface area (Å²) in [5.41, 5.74) is 2.43. The lowest BCUT2D eigenvalue weighted by Crippen LogP contribution is -2.02. The quantitative estimate of drug-likeness (QED) is 0.510. The van der Waals surface area contributed by atoms with Crippen molar-refractivity contribution in [1.82, 2.24) is 15.0 Å². The number of ether oxygens (including phenoxy) is 1. The number of furan rings is 1. The van der Waals surface area contributed by atoms with E-state index in [-0.39, 0.29) is 6.61 Å². The topological polar surface area (TPSA) is 61.0 Å². The van der Waals surface area contributed by atoms with Gasteiger partial charge in [-0.05, 0) is 53.9 Å². The molecular formula is C20H12ClN3O2. The van der Waals surface area contributed by atoms with Crippen LogP contribution in [0.15, 0.2) is 65.2 Å². The molecule has 126 valence electrons. The van der Waals surface area contributed by atoms with Gasteiger partial charge in [-0.15, -0.1) is 0 Å². The average molecular weight is 362 g/mol. The summed E-state index contributed by atoms with van der Waals surface area (Å²) in [6.45, 7) is 0.174. The zero-order valence-electron chi connectivity index (χ0n) is 13.5. The van der Waals surface area contributed by atoms with Gasteiger partial charge in [0.1, 0.15) is 17.9 Å². The normalized spacial score (nSPS) is 10.3. The predicted molar refractivity (Wildman–Crippen MR) is 97.8 cm³/mol. The lowest BCUT2D eigenvalue weighted by Gasteiger charge is -2.06. The molecule has 0 bridgehead atoms. The number of halogens is 1. The Bertz CT molecular complexity index is 1110. The Labute approximate surface area is 154 Å². The van der Waals surface area contributed by atoms with Crippen LogP contribution in [0, 0.1) is 11.8 Å². The van der Waals surface area contributed by atoms with E-state index in [9.17, 15) is 0 Å². The highest BCUT2D eigenvalue weighted by Crippen LogP contribution is 2.20. The molecule has 0 saturated carbocycles. The van der Waals surface area contributed by atoms with Crippen molar-refractivity contribution >= 4 is 22.8 Å². The minimum Gasteiger partial charge on any atom is -0.467 e. The van der Waals surface area contributed by atoms with E-state index >= 15 is 0 Å². The summed E-state index contributed by atoms with van der Waals surface area (Å²) in [5, 5.41) is 0.307. The highest BCUT2D eigenvalue weighted by Gasteiger charge is 2.10. The summed E-state index contributed by atoms with van der Waals surface area (Å²) in [5.74, 6) is 6.99. The molecule has 4 aromatic rings. The maximum absolute atomic E-state index is 5.79. The minimum atomic E-state index is 0.174. The molecule has 1 aromatic carbocycles. The second-order valence-corrected chi connectivity index (χ2v) is 5.71. The molecule has 0 aliphatic rings. The highest BCUT2D eigenvalue weighted by molar-refractivity contribution is 6.28. The monoisotopic (exact) mass is 361 g/mol. The molecular weight excluding hydrogens is 350 g/mol. The fraction of sp³-hybridized carbons (Fsp3) is 0.0500. The minimum absolute atomic E-state index is 0.174. The fourth-order valence-corrected chi connectivity index (χ4v) is 2.44. The third kappa shape index (κ3) is 3.66. The lowest BCUT2D eigenvalue weighted by molar-refractivity contribution is 0.260. The maximum Gasteiger partial charge on any atom is 0.250 e. The number of rotatable bonds is 3. The molecule has 0 amide bonds. The van der Waals surface area contributed by atoms with Crippen LogP contribution in [-0.4, -0.2) is 15.0 Å². The van der Waals surface area contributed by atoms with E-state index in [1.54, 1.807) is 24.4 Å². The molecule has 0 atom stereocenters. The number of pyridine rings is 1. The Hall–Kier alpha value is -3.36. The van der Waals surface area contributed by atoms with Crippen molar-refractivity contribution in [2.75, 3.05) is 0 Å². The van der Waals surface area contributed by atoms with E-state index in [0.717, 1.165) is 5.56 Å². The average Bonchev–Trinajstić information content (AvgIpc) is 3.10. The Kier molecular flexibility index (Phi) is 4.50. The molecule has 4 rings (SSSR count). The van der Waals surface area contributed by atoms with Crippen LogP contribution in [0.5, 0.6) is 5.88 Å². The summed E-state index contributed by atoms with van der Waals surface area (Å²) in [6.07, 6.45) is 1.66. The van der Waals surface area contributed by atoms with Gasteiger partial charge in [0.05, 0.1) is 0 Å². The van der Waals surface area contributed by atoms with E-state index in [0.29, 0.717) is 33.7 Å². The van der Waals surface area contributed by atoms with Gasteiger partial charge in [0.2, 0.25) is 5.88 Å². The van der Waals surface area contributed by atoms with E-state index in [2.05, 4.69) is 26.8 Å². The number of nitrogens with zero attached hydrogens (tertiary/aromatic N) is 3. The number of hydrogen-bond donors (Lipinski definition) is 0. The van der Waals surface area contributed by atoms with Crippen molar-refractivity contribution in [3.63, 3.8) is 0 Å². The summed E-state index contributed by atoms with van der Waals surface area (Å²) >= 11 is 5.79. The SMILES string of the molecule is Clc1ccc(COc2nc3cccnc3nc2C#Cc2ccccc2)o1. The second kappa shape index (κ2) is 7.26. The Morgan fingerprint density at radius 1 is 0.962 bits per heavy atom.